The van der Waals surface area contributed by atoms with Crippen LogP contribution in [0.3, 0.4) is 0 Å². The second-order valence-electron chi connectivity index (χ2n) is 5.62. The number of hydrogen-bond donors (Lipinski definition) is 2. The number of amides is 1. The van der Waals surface area contributed by atoms with Crippen molar-refractivity contribution in [2.24, 2.45) is 5.41 Å². The van der Waals surface area contributed by atoms with Gasteiger partial charge in [-0.15, -0.1) is 11.8 Å². The maximum Gasteiger partial charge on any atom is 0.252 e. The van der Waals surface area contributed by atoms with E-state index in [0.717, 1.165) is 17.7 Å². The Hall–Kier alpha value is -1.51. The van der Waals surface area contributed by atoms with Crippen molar-refractivity contribution >= 4 is 17.7 Å². The number of nitrogens with one attached hydrogen (secondary N) is 1. The lowest BCUT2D eigenvalue weighted by molar-refractivity contribution is 0.0930. The molecule has 0 heterocycles. The molecule has 1 aromatic rings. The highest BCUT2D eigenvalue weighted by Crippen LogP contribution is 2.24. The van der Waals surface area contributed by atoms with E-state index < -0.39 is 0 Å². The summed E-state index contributed by atoms with van der Waals surface area (Å²) in [4.78, 5) is 13.1. The Labute approximate surface area is 130 Å². The van der Waals surface area contributed by atoms with Crippen LogP contribution in [0, 0.1) is 16.7 Å². The van der Waals surface area contributed by atoms with Crippen molar-refractivity contribution in [1.29, 1.82) is 5.26 Å². The van der Waals surface area contributed by atoms with Gasteiger partial charge in [0.1, 0.15) is 0 Å². The maximum atomic E-state index is 12.3. The van der Waals surface area contributed by atoms with Crippen LogP contribution < -0.4 is 5.32 Å². The van der Waals surface area contributed by atoms with Crippen LogP contribution in [0.1, 0.15) is 37.0 Å². The SMILES string of the molecule is CC(C)(CCCO)CNC(=O)c1ccccc1SCC#N. The first-order valence-corrected chi connectivity index (χ1v) is 7.96. The lowest BCUT2D eigenvalue weighted by atomic mass is 9.88. The summed E-state index contributed by atoms with van der Waals surface area (Å²) in [5.74, 6) is 0.208. The molecule has 0 atom stereocenters. The Bertz CT molecular complexity index is 509. The fourth-order valence-corrected chi connectivity index (χ4v) is 2.66. The van der Waals surface area contributed by atoms with E-state index in [2.05, 4.69) is 25.2 Å². The first-order valence-electron chi connectivity index (χ1n) is 6.98. The Morgan fingerprint density at radius 3 is 2.81 bits per heavy atom. The van der Waals surface area contributed by atoms with Crippen LogP contribution in [0.15, 0.2) is 29.2 Å². The number of hydrogen-bond acceptors (Lipinski definition) is 4. The molecule has 0 bridgehead atoms. The van der Waals surface area contributed by atoms with E-state index in [1.807, 2.05) is 18.2 Å². The molecule has 4 nitrogen and oxygen atoms in total. The van der Waals surface area contributed by atoms with Crippen molar-refractivity contribution in [3.05, 3.63) is 29.8 Å². The summed E-state index contributed by atoms with van der Waals surface area (Å²) < 4.78 is 0. The number of nitriles is 1. The molecule has 1 rings (SSSR count). The van der Waals surface area contributed by atoms with Crippen LogP contribution >= 0.6 is 11.8 Å². The average molecular weight is 306 g/mol. The summed E-state index contributed by atoms with van der Waals surface area (Å²) in [5.41, 5.74) is 0.559. The highest BCUT2D eigenvalue weighted by atomic mass is 32.2. The molecule has 2 N–H and O–H groups in total. The molecule has 0 aromatic heterocycles. The molecule has 21 heavy (non-hydrogen) atoms. The monoisotopic (exact) mass is 306 g/mol. The van der Waals surface area contributed by atoms with Crippen molar-refractivity contribution in [1.82, 2.24) is 5.32 Å². The number of benzene rings is 1. The normalized spacial score (nSPS) is 11.0. The van der Waals surface area contributed by atoms with Crippen LogP contribution in [0.4, 0.5) is 0 Å². The van der Waals surface area contributed by atoms with Gasteiger partial charge in [-0.2, -0.15) is 5.26 Å². The van der Waals surface area contributed by atoms with E-state index in [9.17, 15) is 4.79 Å². The summed E-state index contributed by atoms with van der Waals surface area (Å²) >= 11 is 1.37. The molecule has 1 amide bonds. The van der Waals surface area contributed by atoms with Crippen LogP contribution in [0.5, 0.6) is 0 Å². The molecular weight excluding hydrogens is 284 g/mol. The van der Waals surface area contributed by atoms with E-state index in [4.69, 9.17) is 10.4 Å². The minimum absolute atomic E-state index is 0.0485. The number of nitrogens with zero attached hydrogens (tertiary/aromatic N) is 1. The Balaban J connectivity index is 2.65. The highest BCUT2D eigenvalue weighted by molar-refractivity contribution is 7.99. The average Bonchev–Trinajstić information content (AvgIpc) is 2.49. The summed E-state index contributed by atoms with van der Waals surface area (Å²) in [5, 5.41) is 20.5. The number of carbonyl (C=O) groups excluding carboxylic acids is 1. The largest absolute Gasteiger partial charge is 0.396 e. The van der Waals surface area contributed by atoms with Crippen molar-refractivity contribution in [2.45, 2.75) is 31.6 Å². The smallest absolute Gasteiger partial charge is 0.252 e. The van der Waals surface area contributed by atoms with Crippen LogP contribution in [0.25, 0.3) is 0 Å². The predicted molar refractivity (Wildman–Crippen MR) is 85.2 cm³/mol. The van der Waals surface area contributed by atoms with Gasteiger partial charge in [0, 0.05) is 18.0 Å². The molecule has 0 aliphatic rings. The van der Waals surface area contributed by atoms with Crippen LogP contribution in [-0.4, -0.2) is 29.9 Å². The van der Waals surface area contributed by atoms with E-state index in [0.29, 0.717) is 17.9 Å². The molecule has 0 radical (unpaired) electrons. The van der Waals surface area contributed by atoms with Crippen molar-refractivity contribution in [3.8, 4) is 6.07 Å². The Morgan fingerprint density at radius 2 is 2.14 bits per heavy atom. The molecule has 5 heteroatoms. The second-order valence-corrected chi connectivity index (χ2v) is 6.63. The lowest BCUT2D eigenvalue weighted by Gasteiger charge is -2.24. The van der Waals surface area contributed by atoms with E-state index in [-0.39, 0.29) is 17.9 Å². The van der Waals surface area contributed by atoms with Gasteiger partial charge in [0.2, 0.25) is 0 Å². The number of aliphatic hydroxyl groups is 1. The topological polar surface area (TPSA) is 73.1 Å². The van der Waals surface area contributed by atoms with Gasteiger partial charge in [-0.3, -0.25) is 4.79 Å². The van der Waals surface area contributed by atoms with Gasteiger partial charge in [-0.05, 0) is 30.4 Å². The van der Waals surface area contributed by atoms with E-state index in [1.54, 1.807) is 6.07 Å². The molecule has 0 aliphatic heterocycles. The first kappa shape index (κ1) is 17.5. The third kappa shape index (κ3) is 6.19. The summed E-state index contributed by atoms with van der Waals surface area (Å²) in [6.45, 7) is 4.87. The minimum atomic E-state index is -0.117. The number of carbonyl (C=O) groups is 1. The zero-order valence-electron chi connectivity index (χ0n) is 12.6. The number of rotatable bonds is 8. The number of aliphatic hydroxyl groups excluding tert-OH is 1. The lowest BCUT2D eigenvalue weighted by Crippen LogP contribution is -2.34. The highest BCUT2D eigenvalue weighted by Gasteiger charge is 2.19. The maximum absolute atomic E-state index is 12.3. The molecule has 0 aliphatic carbocycles. The fourth-order valence-electron chi connectivity index (χ4n) is 1.95. The van der Waals surface area contributed by atoms with Crippen molar-refractivity contribution in [2.75, 3.05) is 18.9 Å². The van der Waals surface area contributed by atoms with Crippen LogP contribution in [0.2, 0.25) is 0 Å². The van der Waals surface area contributed by atoms with Gasteiger partial charge < -0.3 is 10.4 Å². The predicted octanol–water partition coefficient (Wildman–Crippen LogP) is 2.83. The third-order valence-electron chi connectivity index (χ3n) is 3.16. The zero-order chi connectivity index (χ0) is 15.7. The first-order chi connectivity index (χ1) is 10.00. The molecule has 114 valence electrons. The Kier molecular flexibility index (Phi) is 7.27. The quantitative estimate of drug-likeness (QED) is 0.724. The molecular formula is C16H22N2O2S. The molecule has 0 spiro atoms. The van der Waals surface area contributed by atoms with Gasteiger partial charge >= 0.3 is 0 Å². The van der Waals surface area contributed by atoms with Gasteiger partial charge in [0.05, 0.1) is 17.4 Å². The second kappa shape index (κ2) is 8.71. The van der Waals surface area contributed by atoms with Crippen LogP contribution in [-0.2, 0) is 0 Å². The summed E-state index contributed by atoms with van der Waals surface area (Å²) in [6, 6.07) is 9.38. The number of thioether (sulfide) groups is 1. The standard InChI is InChI=1S/C16H22N2O2S/c1-16(2,8-5-10-19)12-18-15(20)13-6-3-4-7-14(13)21-11-9-17/h3-4,6-7,19H,5,8,10-12H2,1-2H3,(H,18,20). The van der Waals surface area contributed by atoms with Gasteiger partial charge in [0.25, 0.3) is 5.91 Å². The van der Waals surface area contributed by atoms with Gasteiger partial charge in [-0.25, -0.2) is 0 Å². The molecule has 0 saturated heterocycles. The minimum Gasteiger partial charge on any atom is -0.396 e. The molecule has 0 saturated carbocycles. The Morgan fingerprint density at radius 1 is 1.43 bits per heavy atom. The van der Waals surface area contributed by atoms with Crippen molar-refractivity contribution < 1.29 is 9.90 Å². The van der Waals surface area contributed by atoms with Crippen molar-refractivity contribution in [3.63, 3.8) is 0 Å². The fraction of sp³-hybridized carbons (Fsp3) is 0.500. The van der Waals surface area contributed by atoms with E-state index >= 15 is 0 Å². The van der Waals surface area contributed by atoms with Gasteiger partial charge in [-0.1, -0.05) is 26.0 Å². The molecule has 1 aromatic carbocycles. The summed E-state index contributed by atoms with van der Waals surface area (Å²) in [7, 11) is 0. The van der Waals surface area contributed by atoms with Gasteiger partial charge in [0.15, 0.2) is 0 Å². The summed E-state index contributed by atoms with van der Waals surface area (Å²) in [6.07, 6.45) is 1.59. The van der Waals surface area contributed by atoms with E-state index in [1.165, 1.54) is 11.8 Å². The third-order valence-corrected chi connectivity index (χ3v) is 4.10. The molecule has 0 fully saturated rings. The zero-order valence-corrected chi connectivity index (χ0v) is 13.4. The molecule has 0 unspecified atom stereocenters.